The van der Waals surface area contributed by atoms with Gasteiger partial charge in [-0.25, -0.2) is 4.98 Å². The van der Waals surface area contributed by atoms with Crippen LogP contribution in [-0.4, -0.2) is 58.5 Å². The Bertz CT molecular complexity index is 2210. The Hall–Kier alpha value is -5.35. The number of fused-ring (bicyclic) bond motifs is 1. The number of carbonyl (C=O) groups excluding carboxylic acids is 1. The molecule has 0 atom stereocenters. The van der Waals surface area contributed by atoms with Crippen LogP contribution in [0.15, 0.2) is 108 Å². The van der Waals surface area contributed by atoms with Gasteiger partial charge >= 0.3 is 6.08 Å². The lowest BCUT2D eigenvalue weighted by Crippen LogP contribution is -2.47. The number of halogens is 2. The largest absolute Gasteiger partial charge is 0.487 e. The summed E-state index contributed by atoms with van der Waals surface area (Å²) >= 11 is 12.7. The fourth-order valence-corrected chi connectivity index (χ4v) is 6.59. The quantitative estimate of drug-likeness (QED) is 0.108. The second kappa shape index (κ2) is 17.2. The van der Waals surface area contributed by atoms with Gasteiger partial charge in [0.05, 0.1) is 17.8 Å². The lowest BCUT2D eigenvalue weighted by atomic mass is 10.1. The maximum absolute atomic E-state index is 13.1. The average molecular weight is 764 g/mol. The molecular weight excluding hydrogens is 723 g/mol. The minimum Gasteiger partial charge on any atom is -0.487 e. The fraction of sp³-hybridized carbons (Fsp3) is 0.233. The van der Waals surface area contributed by atoms with E-state index in [9.17, 15) is 4.79 Å². The van der Waals surface area contributed by atoms with Crippen LogP contribution in [0.25, 0.3) is 17.2 Å². The monoisotopic (exact) mass is 762 g/mol. The van der Waals surface area contributed by atoms with E-state index in [1.165, 1.54) is 16.7 Å². The van der Waals surface area contributed by atoms with Crippen LogP contribution in [0, 0.1) is 13.8 Å². The van der Waals surface area contributed by atoms with Crippen molar-refractivity contribution in [2.24, 2.45) is 0 Å². The van der Waals surface area contributed by atoms with Crippen LogP contribution in [0.2, 0.25) is 10.0 Å². The topological polar surface area (TPSA) is 90.2 Å². The van der Waals surface area contributed by atoms with E-state index in [4.69, 9.17) is 41.8 Å². The first-order valence-corrected chi connectivity index (χ1v) is 18.6. The van der Waals surface area contributed by atoms with E-state index >= 15 is 0 Å². The molecule has 11 heteroatoms. The highest BCUT2D eigenvalue weighted by atomic mass is 35.5. The first-order valence-electron chi connectivity index (χ1n) is 17.8. The van der Waals surface area contributed by atoms with Gasteiger partial charge in [-0.1, -0.05) is 77.3 Å². The molecule has 0 spiro atoms. The van der Waals surface area contributed by atoms with Crippen LogP contribution in [0.3, 0.4) is 0 Å². The maximum Gasteiger partial charge on any atom is 0.394 e. The van der Waals surface area contributed by atoms with Crippen molar-refractivity contribution in [3.8, 4) is 23.5 Å². The van der Waals surface area contributed by atoms with E-state index in [1.54, 1.807) is 42.6 Å². The van der Waals surface area contributed by atoms with Gasteiger partial charge in [0.2, 0.25) is 11.8 Å². The number of rotatable bonds is 13. The number of amides is 1. The van der Waals surface area contributed by atoms with Gasteiger partial charge in [-0.2, -0.15) is 4.98 Å². The Morgan fingerprint density at radius 3 is 2.35 bits per heavy atom. The molecule has 54 heavy (non-hydrogen) atoms. The van der Waals surface area contributed by atoms with Gasteiger partial charge in [-0.15, -0.1) is 0 Å². The number of nitrogens with zero attached hydrogens (tertiary/aromatic N) is 4. The van der Waals surface area contributed by atoms with Crippen molar-refractivity contribution < 1.29 is 23.4 Å². The molecule has 0 saturated carbocycles. The maximum atomic E-state index is 13.1. The van der Waals surface area contributed by atoms with Crippen LogP contribution in [0.1, 0.15) is 33.4 Å². The van der Waals surface area contributed by atoms with E-state index in [0.29, 0.717) is 64.8 Å². The molecule has 7 rings (SSSR count). The highest BCUT2D eigenvalue weighted by Gasteiger charge is 2.20. The van der Waals surface area contributed by atoms with Crippen molar-refractivity contribution in [2.75, 3.05) is 32.8 Å². The number of benzene rings is 4. The van der Waals surface area contributed by atoms with Crippen molar-refractivity contribution >= 4 is 46.3 Å². The lowest BCUT2D eigenvalue weighted by Gasteiger charge is -2.34. The average Bonchev–Trinajstić information content (AvgIpc) is 3.58. The van der Waals surface area contributed by atoms with Crippen LogP contribution in [0.5, 0.6) is 23.5 Å². The van der Waals surface area contributed by atoms with E-state index in [2.05, 4.69) is 58.2 Å². The zero-order chi connectivity index (χ0) is 37.4. The molecule has 1 amide bonds. The molecule has 276 valence electrons. The molecule has 1 fully saturated rings. The molecule has 1 aliphatic heterocycles. The number of piperazine rings is 1. The third kappa shape index (κ3) is 9.79. The summed E-state index contributed by atoms with van der Waals surface area (Å²) in [6, 6.07) is 29.4. The third-order valence-corrected chi connectivity index (χ3v) is 9.69. The predicted octanol–water partition coefficient (Wildman–Crippen LogP) is 9.50. The standard InChI is InChI=1S/C43H40Cl2N4O5/c1-29-3-5-33(6-4-29)28-52-36-13-15-40(46-26-36)54-42-30(2)23-34(24-37(42)45)11-16-41(50)49-20-18-48(19-21-49)27-32-9-7-31(8-10-32)17-22-51-43-47-38-14-12-35(44)25-39(38)53-43/h3-16,23-26H,17-22,27-28H2,1-2H3. The van der Waals surface area contributed by atoms with Gasteiger partial charge in [-0.3, -0.25) is 9.69 Å². The molecule has 3 heterocycles. The van der Waals surface area contributed by atoms with Crippen molar-refractivity contribution in [1.82, 2.24) is 19.8 Å². The second-order valence-electron chi connectivity index (χ2n) is 13.3. The lowest BCUT2D eigenvalue weighted by molar-refractivity contribution is -0.127. The molecule has 0 N–H and O–H groups in total. The number of oxazole rings is 1. The van der Waals surface area contributed by atoms with Gasteiger partial charge in [0.25, 0.3) is 0 Å². The number of carbonyl (C=O) groups is 1. The van der Waals surface area contributed by atoms with E-state index in [0.717, 1.165) is 42.7 Å². The molecule has 0 radical (unpaired) electrons. The summed E-state index contributed by atoms with van der Waals surface area (Å²) in [7, 11) is 0. The summed E-state index contributed by atoms with van der Waals surface area (Å²) in [6.07, 6.45) is 6.02. The Kier molecular flexibility index (Phi) is 11.8. The second-order valence-corrected chi connectivity index (χ2v) is 14.1. The SMILES string of the molecule is Cc1ccc(COc2ccc(Oc3c(C)cc(C=CC(=O)N4CCN(Cc5ccc(CCOc6nc7ccc(Cl)cc7o6)cc5)CC4)cc3Cl)nc2)cc1. The van der Waals surface area contributed by atoms with Crippen LogP contribution in [0.4, 0.5) is 0 Å². The van der Waals surface area contributed by atoms with E-state index < -0.39 is 0 Å². The Morgan fingerprint density at radius 2 is 1.61 bits per heavy atom. The number of aromatic nitrogens is 2. The molecule has 0 unspecified atom stereocenters. The Labute approximate surface area is 324 Å². The number of pyridine rings is 1. The predicted molar refractivity (Wildman–Crippen MR) is 212 cm³/mol. The highest BCUT2D eigenvalue weighted by molar-refractivity contribution is 6.32. The number of ether oxygens (including phenoxy) is 3. The Balaban J connectivity index is 0.836. The molecule has 0 aliphatic carbocycles. The first-order chi connectivity index (χ1) is 26.2. The summed E-state index contributed by atoms with van der Waals surface area (Å²) in [6.45, 7) is 8.64. The first kappa shape index (κ1) is 37.0. The minimum absolute atomic E-state index is 0.0224. The summed E-state index contributed by atoms with van der Waals surface area (Å²) in [5, 5.41) is 1.03. The van der Waals surface area contributed by atoms with Gasteiger partial charge in [-0.05, 0) is 78.1 Å². The summed E-state index contributed by atoms with van der Waals surface area (Å²) in [4.78, 5) is 26.1. The van der Waals surface area contributed by atoms with Crippen molar-refractivity contribution in [3.63, 3.8) is 0 Å². The number of aryl methyl sites for hydroxylation is 2. The minimum atomic E-state index is -0.0224. The van der Waals surface area contributed by atoms with Crippen LogP contribution < -0.4 is 14.2 Å². The van der Waals surface area contributed by atoms with Crippen LogP contribution >= 0.6 is 23.2 Å². The number of hydrogen-bond acceptors (Lipinski definition) is 8. The molecular formula is C43H40Cl2N4O5. The third-order valence-electron chi connectivity index (χ3n) is 9.17. The molecule has 4 aromatic carbocycles. The normalized spacial score (nSPS) is 13.4. The van der Waals surface area contributed by atoms with Crippen molar-refractivity contribution in [1.29, 1.82) is 0 Å². The van der Waals surface area contributed by atoms with Crippen molar-refractivity contribution in [2.45, 2.75) is 33.4 Å². The molecule has 9 nitrogen and oxygen atoms in total. The van der Waals surface area contributed by atoms with E-state index in [-0.39, 0.29) is 12.0 Å². The van der Waals surface area contributed by atoms with Crippen molar-refractivity contribution in [3.05, 3.63) is 147 Å². The summed E-state index contributed by atoms with van der Waals surface area (Å²) < 4.78 is 23.2. The molecule has 1 aliphatic rings. The summed E-state index contributed by atoms with van der Waals surface area (Å²) in [5.41, 5.74) is 7.66. The zero-order valence-electron chi connectivity index (χ0n) is 30.1. The molecule has 6 aromatic rings. The van der Waals surface area contributed by atoms with Gasteiger partial charge < -0.3 is 23.5 Å². The van der Waals surface area contributed by atoms with Gasteiger partial charge in [0.15, 0.2) is 11.3 Å². The van der Waals surface area contributed by atoms with E-state index in [1.807, 2.05) is 42.2 Å². The molecule has 0 bridgehead atoms. The highest BCUT2D eigenvalue weighted by Crippen LogP contribution is 2.34. The van der Waals surface area contributed by atoms with Gasteiger partial charge in [0, 0.05) is 62.4 Å². The zero-order valence-corrected chi connectivity index (χ0v) is 31.6. The molecule has 2 aromatic heterocycles. The fourth-order valence-electron chi connectivity index (χ4n) is 6.12. The summed E-state index contributed by atoms with van der Waals surface area (Å²) in [5.74, 6) is 1.55. The smallest absolute Gasteiger partial charge is 0.394 e. The molecule has 1 saturated heterocycles. The Morgan fingerprint density at radius 1 is 0.852 bits per heavy atom. The van der Waals surface area contributed by atoms with Crippen LogP contribution in [-0.2, 0) is 24.4 Å². The van der Waals surface area contributed by atoms with Gasteiger partial charge in [0.1, 0.15) is 17.9 Å². The number of hydrogen-bond donors (Lipinski definition) is 0.